The SMILES string of the molecule is Cc1ccc(-c2c(C)c3c(c(C)c2CC(=O)O)NC(=O)OC/C=C\CO3)cc1. The number of anilines is 1. The van der Waals surface area contributed by atoms with Crippen LogP contribution in [0.25, 0.3) is 11.1 Å². The molecule has 2 aromatic rings. The number of benzene rings is 2. The van der Waals surface area contributed by atoms with Gasteiger partial charge in [-0.15, -0.1) is 0 Å². The van der Waals surface area contributed by atoms with Crippen LogP contribution in [0.3, 0.4) is 0 Å². The zero-order valence-electron chi connectivity index (χ0n) is 16.2. The van der Waals surface area contributed by atoms with Crippen molar-refractivity contribution in [2.24, 2.45) is 0 Å². The first-order valence-corrected chi connectivity index (χ1v) is 9.05. The molecule has 1 aliphatic rings. The molecule has 1 aliphatic heterocycles. The summed E-state index contributed by atoms with van der Waals surface area (Å²) >= 11 is 0. The van der Waals surface area contributed by atoms with E-state index < -0.39 is 12.1 Å². The maximum atomic E-state index is 12.1. The van der Waals surface area contributed by atoms with E-state index >= 15 is 0 Å². The third kappa shape index (κ3) is 4.01. The Morgan fingerprint density at radius 1 is 1.04 bits per heavy atom. The van der Waals surface area contributed by atoms with Crippen molar-refractivity contribution in [3.8, 4) is 16.9 Å². The summed E-state index contributed by atoms with van der Waals surface area (Å²) in [6.07, 6.45) is 2.73. The van der Waals surface area contributed by atoms with E-state index in [0.29, 0.717) is 29.2 Å². The number of aliphatic carboxylic acids is 1. The van der Waals surface area contributed by atoms with E-state index in [9.17, 15) is 14.7 Å². The predicted molar refractivity (Wildman–Crippen MR) is 107 cm³/mol. The number of carbonyl (C=O) groups excluding carboxylic acids is 1. The molecule has 0 fully saturated rings. The Bertz CT molecular complexity index is 945. The summed E-state index contributed by atoms with van der Waals surface area (Å²) in [6, 6.07) is 7.91. The first kappa shape index (κ1) is 19.5. The van der Waals surface area contributed by atoms with Crippen LogP contribution in [-0.4, -0.2) is 30.4 Å². The van der Waals surface area contributed by atoms with Crippen molar-refractivity contribution < 1.29 is 24.2 Å². The highest BCUT2D eigenvalue weighted by molar-refractivity contribution is 5.93. The fourth-order valence-electron chi connectivity index (χ4n) is 3.38. The summed E-state index contributed by atoms with van der Waals surface area (Å²) in [5.74, 6) is -0.423. The zero-order valence-corrected chi connectivity index (χ0v) is 16.2. The maximum absolute atomic E-state index is 12.1. The van der Waals surface area contributed by atoms with Crippen LogP contribution < -0.4 is 10.1 Å². The van der Waals surface area contributed by atoms with Gasteiger partial charge in [0.15, 0.2) is 0 Å². The quantitative estimate of drug-likeness (QED) is 0.770. The molecule has 0 spiro atoms. The summed E-state index contributed by atoms with van der Waals surface area (Å²) < 4.78 is 11.1. The van der Waals surface area contributed by atoms with Crippen LogP contribution in [0, 0.1) is 20.8 Å². The van der Waals surface area contributed by atoms with Crippen molar-refractivity contribution in [2.75, 3.05) is 18.5 Å². The maximum Gasteiger partial charge on any atom is 0.412 e. The van der Waals surface area contributed by atoms with Crippen molar-refractivity contribution in [1.82, 2.24) is 0 Å². The van der Waals surface area contributed by atoms with Gasteiger partial charge < -0.3 is 14.6 Å². The van der Waals surface area contributed by atoms with Gasteiger partial charge in [-0.1, -0.05) is 29.8 Å². The van der Waals surface area contributed by atoms with Crippen LogP contribution in [-0.2, 0) is 16.0 Å². The van der Waals surface area contributed by atoms with Crippen molar-refractivity contribution in [2.45, 2.75) is 27.2 Å². The van der Waals surface area contributed by atoms with Gasteiger partial charge in [0.25, 0.3) is 0 Å². The number of hydrogen-bond acceptors (Lipinski definition) is 4. The number of rotatable bonds is 3. The van der Waals surface area contributed by atoms with Crippen molar-refractivity contribution in [3.05, 3.63) is 58.7 Å². The molecule has 2 N–H and O–H groups in total. The number of fused-ring (bicyclic) bond motifs is 1. The highest BCUT2D eigenvalue weighted by Gasteiger charge is 2.24. The number of hydrogen-bond donors (Lipinski definition) is 2. The van der Waals surface area contributed by atoms with Gasteiger partial charge in [-0.3, -0.25) is 10.1 Å². The Kier molecular flexibility index (Phi) is 5.68. The molecule has 6 nitrogen and oxygen atoms in total. The highest BCUT2D eigenvalue weighted by atomic mass is 16.5. The standard InChI is InChI=1S/C22H23NO5/c1-13-6-8-16(9-7-13)19-15(3)21-20(14(2)17(19)12-18(24)25)23-22(26)28-11-5-4-10-27-21/h4-9H,10-12H2,1-3H3,(H,23,26)(H,24,25)/b5-4-. The minimum Gasteiger partial charge on any atom is -0.487 e. The molecule has 2 aromatic carbocycles. The Morgan fingerprint density at radius 2 is 1.68 bits per heavy atom. The lowest BCUT2D eigenvalue weighted by Gasteiger charge is -2.24. The number of nitrogens with one attached hydrogen (secondary N) is 1. The second-order valence-corrected chi connectivity index (χ2v) is 6.75. The Balaban J connectivity index is 2.28. The van der Waals surface area contributed by atoms with Gasteiger partial charge in [0.05, 0.1) is 12.1 Å². The molecule has 0 unspecified atom stereocenters. The number of carbonyl (C=O) groups is 2. The molecule has 0 aliphatic carbocycles. The molecule has 6 heteroatoms. The summed E-state index contributed by atoms with van der Waals surface area (Å²) in [6.45, 7) is 6.13. The van der Waals surface area contributed by atoms with Gasteiger partial charge in [-0.2, -0.15) is 0 Å². The summed E-state index contributed by atoms with van der Waals surface area (Å²) in [7, 11) is 0. The largest absolute Gasteiger partial charge is 0.487 e. The van der Waals surface area contributed by atoms with Crippen LogP contribution in [0.4, 0.5) is 10.5 Å². The van der Waals surface area contributed by atoms with Gasteiger partial charge in [0, 0.05) is 5.56 Å². The minimum absolute atomic E-state index is 0.145. The van der Waals surface area contributed by atoms with Crippen molar-refractivity contribution in [3.63, 3.8) is 0 Å². The third-order valence-electron chi connectivity index (χ3n) is 4.77. The molecule has 1 amide bonds. The topological polar surface area (TPSA) is 84.9 Å². The smallest absolute Gasteiger partial charge is 0.412 e. The normalized spacial score (nSPS) is 14.9. The molecular weight excluding hydrogens is 358 g/mol. The Hall–Kier alpha value is -3.28. The number of aryl methyl sites for hydroxylation is 1. The van der Waals surface area contributed by atoms with E-state index in [-0.39, 0.29) is 13.0 Å². The van der Waals surface area contributed by atoms with Crippen LogP contribution >= 0.6 is 0 Å². The lowest BCUT2D eigenvalue weighted by Crippen LogP contribution is -2.19. The minimum atomic E-state index is -0.942. The molecular formula is C22H23NO5. The van der Waals surface area contributed by atoms with Crippen LogP contribution in [0.15, 0.2) is 36.4 Å². The predicted octanol–water partition coefficient (Wildman–Crippen LogP) is 4.40. The summed E-state index contributed by atoms with van der Waals surface area (Å²) in [5.41, 5.74) is 5.35. The number of amides is 1. The Labute approximate surface area is 163 Å². The molecule has 28 heavy (non-hydrogen) atoms. The Morgan fingerprint density at radius 3 is 2.32 bits per heavy atom. The molecule has 0 aromatic heterocycles. The molecule has 0 atom stereocenters. The number of cyclic esters (lactones) is 1. The lowest BCUT2D eigenvalue weighted by molar-refractivity contribution is -0.136. The van der Waals surface area contributed by atoms with E-state index in [4.69, 9.17) is 9.47 Å². The first-order chi connectivity index (χ1) is 13.4. The van der Waals surface area contributed by atoms with Gasteiger partial charge in [-0.05, 0) is 55.2 Å². The molecule has 0 bridgehead atoms. The van der Waals surface area contributed by atoms with Crippen LogP contribution in [0.1, 0.15) is 22.3 Å². The van der Waals surface area contributed by atoms with E-state index in [1.54, 1.807) is 19.1 Å². The molecule has 0 radical (unpaired) electrons. The van der Waals surface area contributed by atoms with E-state index in [0.717, 1.165) is 22.3 Å². The average molecular weight is 381 g/mol. The second kappa shape index (κ2) is 8.17. The van der Waals surface area contributed by atoms with Crippen LogP contribution in [0.2, 0.25) is 0 Å². The van der Waals surface area contributed by atoms with Crippen molar-refractivity contribution >= 4 is 17.7 Å². The van der Waals surface area contributed by atoms with Crippen molar-refractivity contribution in [1.29, 1.82) is 0 Å². The summed E-state index contributed by atoms with van der Waals surface area (Å²) in [4.78, 5) is 23.7. The molecule has 0 saturated carbocycles. The van der Waals surface area contributed by atoms with Gasteiger partial charge in [-0.25, -0.2) is 4.79 Å². The van der Waals surface area contributed by atoms with E-state index in [2.05, 4.69) is 5.32 Å². The molecule has 3 rings (SSSR count). The van der Waals surface area contributed by atoms with Crippen LogP contribution in [0.5, 0.6) is 5.75 Å². The second-order valence-electron chi connectivity index (χ2n) is 6.75. The van der Waals surface area contributed by atoms with Gasteiger partial charge in [0.1, 0.15) is 19.0 Å². The van der Waals surface area contributed by atoms with E-state index in [1.807, 2.05) is 38.1 Å². The van der Waals surface area contributed by atoms with E-state index in [1.165, 1.54) is 0 Å². The highest BCUT2D eigenvalue weighted by Crippen LogP contribution is 2.43. The average Bonchev–Trinajstić information content (AvgIpc) is 2.65. The number of carboxylic acids is 1. The number of ether oxygens (including phenoxy) is 2. The fraction of sp³-hybridized carbons (Fsp3) is 0.273. The first-order valence-electron chi connectivity index (χ1n) is 9.05. The zero-order chi connectivity index (χ0) is 20.3. The van der Waals surface area contributed by atoms with Gasteiger partial charge in [0.2, 0.25) is 0 Å². The molecule has 146 valence electrons. The van der Waals surface area contributed by atoms with Gasteiger partial charge >= 0.3 is 12.1 Å². The number of carboxylic acid groups (broad SMARTS) is 1. The third-order valence-corrected chi connectivity index (χ3v) is 4.77. The molecule has 0 saturated heterocycles. The lowest BCUT2D eigenvalue weighted by atomic mass is 9.88. The fourth-order valence-corrected chi connectivity index (χ4v) is 3.38. The molecule has 1 heterocycles. The summed E-state index contributed by atoms with van der Waals surface area (Å²) in [5, 5.41) is 12.2. The monoisotopic (exact) mass is 381 g/mol.